The molecule has 1 aliphatic heterocycles. The molecule has 2 nitrogen and oxygen atoms in total. The Morgan fingerprint density at radius 1 is 1.07 bits per heavy atom. The van der Waals surface area contributed by atoms with Crippen molar-refractivity contribution in [3.8, 4) is 0 Å². The van der Waals surface area contributed by atoms with Gasteiger partial charge in [-0.05, 0) is 24.8 Å². The molecule has 14 heavy (non-hydrogen) atoms. The number of nitrogens with zero attached hydrogens (tertiary/aromatic N) is 2. The minimum atomic E-state index is 0.661. The second-order valence-corrected chi connectivity index (χ2v) is 5.40. The first kappa shape index (κ1) is 10.9. The molecular formula is C11H21BrN2. The van der Waals surface area contributed by atoms with Gasteiger partial charge in [0.05, 0.1) is 0 Å². The van der Waals surface area contributed by atoms with Gasteiger partial charge < -0.3 is 9.80 Å². The van der Waals surface area contributed by atoms with Gasteiger partial charge in [0.15, 0.2) is 0 Å². The van der Waals surface area contributed by atoms with E-state index in [0.29, 0.717) is 5.41 Å². The summed E-state index contributed by atoms with van der Waals surface area (Å²) in [6, 6.07) is 0. The number of hydrogen-bond acceptors (Lipinski definition) is 2. The number of hydrogen-bond donors (Lipinski definition) is 0. The summed E-state index contributed by atoms with van der Waals surface area (Å²) in [6.45, 7) is 9.92. The molecule has 0 bridgehead atoms. The predicted octanol–water partition coefficient (Wildman–Crippen LogP) is 1.80. The molecule has 0 aromatic carbocycles. The fourth-order valence-electron chi connectivity index (χ4n) is 2.25. The lowest BCUT2D eigenvalue weighted by Gasteiger charge is -2.35. The van der Waals surface area contributed by atoms with E-state index in [-0.39, 0.29) is 0 Å². The summed E-state index contributed by atoms with van der Waals surface area (Å²) in [7, 11) is 0. The highest BCUT2D eigenvalue weighted by Crippen LogP contribution is 2.47. The molecule has 2 aliphatic rings. The fourth-order valence-corrected chi connectivity index (χ4v) is 2.99. The fraction of sp³-hybridized carbons (Fsp3) is 1.00. The average molecular weight is 261 g/mol. The average Bonchev–Trinajstić information content (AvgIpc) is 3.00. The Kier molecular flexibility index (Phi) is 3.50. The second-order valence-electron chi connectivity index (χ2n) is 4.84. The molecule has 1 aliphatic carbocycles. The van der Waals surface area contributed by atoms with Gasteiger partial charge in [0.2, 0.25) is 0 Å². The van der Waals surface area contributed by atoms with Crippen LogP contribution < -0.4 is 0 Å². The Balaban J connectivity index is 1.73. The van der Waals surface area contributed by atoms with Crippen LogP contribution in [0.2, 0.25) is 0 Å². The Labute approximate surface area is 95.8 Å². The lowest BCUT2D eigenvalue weighted by Crippen LogP contribution is -2.48. The number of likely N-dealkylation sites (N-methyl/N-ethyl adjacent to an activating group) is 1. The van der Waals surface area contributed by atoms with Gasteiger partial charge >= 0.3 is 0 Å². The largest absolute Gasteiger partial charge is 0.301 e. The molecule has 0 aromatic rings. The number of rotatable bonds is 4. The summed E-state index contributed by atoms with van der Waals surface area (Å²) in [5, 5.41) is 1.20. The van der Waals surface area contributed by atoms with Gasteiger partial charge in [-0.25, -0.2) is 0 Å². The summed E-state index contributed by atoms with van der Waals surface area (Å²) < 4.78 is 0. The minimum absolute atomic E-state index is 0.661. The molecule has 0 atom stereocenters. The van der Waals surface area contributed by atoms with Crippen LogP contribution >= 0.6 is 15.9 Å². The third-order valence-electron chi connectivity index (χ3n) is 3.71. The predicted molar refractivity (Wildman–Crippen MR) is 64.0 cm³/mol. The van der Waals surface area contributed by atoms with E-state index in [4.69, 9.17) is 0 Å². The molecule has 0 spiro atoms. The van der Waals surface area contributed by atoms with Gasteiger partial charge in [-0.15, -0.1) is 0 Å². The monoisotopic (exact) mass is 260 g/mol. The Morgan fingerprint density at radius 3 is 2.07 bits per heavy atom. The van der Waals surface area contributed by atoms with E-state index in [1.807, 2.05) is 0 Å². The van der Waals surface area contributed by atoms with Gasteiger partial charge in [0.25, 0.3) is 0 Å². The maximum atomic E-state index is 3.65. The van der Waals surface area contributed by atoms with Crippen molar-refractivity contribution >= 4 is 15.9 Å². The first-order valence-electron chi connectivity index (χ1n) is 5.79. The van der Waals surface area contributed by atoms with Crippen LogP contribution in [-0.4, -0.2) is 54.4 Å². The summed E-state index contributed by atoms with van der Waals surface area (Å²) in [5.74, 6) is 0. The van der Waals surface area contributed by atoms with Gasteiger partial charge in [-0.3, -0.25) is 0 Å². The molecule has 3 heteroatoms. The van der Waals surface area contributed by atoms with Crippen molar-refractivity contribution in [2.45, 2.75) is 19.8 Å². The molecule has 0 radical (unpaired) electrons. The van der Waals surface area contributed by atoms with Crippen LogP contribution in [0.5, 0.6) is 0 Å². The first-order chi connectivity index (χ1) is 6.78. The van der Waals surface area contributed by atoms with Gasteiger partial charge in [-0.2, -0.15) is 0 Å². The lowest BCUT2D eigenvalue weighted by atomic mass is 10.1. The van der Waals surface area contributed by atoms with E-state index in [1.54, 1.807) is 0 Å². The van der Waals surface area contributed by atoms with Crippen molar-refractivity contribution in [3.63, 3.8) is 0 Å². The molecular weight excluding hydrogens is 240 g/mol. The highest BCUT2D eigenvalue weighted by Gasteiger charge is 2.42. The first-order valence-corrected chi connectivity index (χ1v) is 6.91. The third kappa shape index (κ3) is 2.50. The van der Waals surface area contributed by atoms with Crippen LogP contribution in [0, 0.1) is 5.41 Å². The molecule has 1 saturated carbocycles. The third-order valence-corrected chi connectivity index (χ3v) is 4.90. The van der Waals surface area contributed by atoms with Crippen LogP contribution in [0.15, 0.2) is 0 Å². The summed E-state index contributed by atoms with van der Waals surface area (Å²) in [6.07, 6.45) is 2.87. The number of halogens is 1. The van der Waals surface area contributed by atoms with E-state index in [0.717, 1.165) is 0 Å². The SMILES string of the molecule is CCN1CCN(CC2(CBr)CC2)CC1. The highest BCUT2D eigenvalue weighted by molar-refractivity contribution is 9.09. The molecule has 0 unspecified atom stereocenters. The second kappa shape index (κ2) is 4.50. The quantitative estimate of drug-likeness (QED) is 0.712. The van der Waals surface area contributed by atoms with Gasteiger partial charge in [0.1, 0.15) is 0 Å². The zero-order valence-electron chi connectivity index (χ0n) is 9.14. The van der Waals surface area contributed by atoms with Crippen molar-refractivity contribution in [2.75, 3.05) is 44.6 Å². The van der Waals surface area contributed by atoms with Gasteiger partial charge in [-0.1, -0.05) is 22.9 Å². The normalized spacial score (nSPS) is 27.9. The molecule has 0 aromatic heterocycles. The van der Waals surface area contributed by atoms with Gasteiger partial charge in [0, 0.05) is 38.1 Å². The summed E-state index contributed by atoms with van der Waals surface area (Å²) in [5.41, 5.74) is 0.661. The van der Waals surface area contributed by atoms with Crippen molar-refractivity contribution in [2.24, 2.45) is 5.41 Å². The smallest absolute Gasteiger partial charge is 0.0110 e. The van der Waals surface area contributed by atoms with E-state index in [2.05, 4.69) is 32.7 Å². The van der Waals surface area contributed by atoms with E-state index < -0.39 is 0 Å². The molecule has 1 heterocycles. The zero-order valence-corrected chi connectivity index (χ0v) is 10.7. The number of alkyl halides is 1. The highest BCUT2D eigenvalue weighted by atomic mass is 79.9. The zero-order chi connectivity index (χ0) is 10.0. The van der Waals surface area contributed by atoms with Crippen LogP contribution in [0.25, 0.3) is 0 Å². The van der Waals surface area contributed by atoms with E-state index >= 15 is 0 Å². The van der Waals surface area contributed by atoms with Crippen molar-refractivity contribution in [3.05, 3.63) is 0 Å². The maximum Gasteiger partial charge on any atom is 0.0110 e. The topological polar surface area (TPSA) is 6.48 Å². The van der Waals surface area contributed by atoms with Crippen LogP contribution in [0.3, 0.4) is 0 Å². The Morgan fingerprint density at radius 2 is 1.64 bits per heavy atom. The molecule has 82 valence electrons. The van der Waals surface area contributed by atoms with Crippen LogP contribution in [-0.2, 0) is 0 Å². The Hall–Kier alpha value is 0.400. The van der Waals surface area contributed by atoms with Crippen LogP contribution in [0.4, 0.5) is 0 Å². The lowest BCUT2D eigenvalue weighted by molar-refractivity contribution is 0.121. The maximum absolute atomic E-state index is 3.65. The van der Waals surface area contributed by atoms with E-state index in [9.17, 15) is 0 Å². The van der Waals surface area contributed by atoms with E-state index in [1.165, 1.54) is 57.4 Å². The molecule has 2 fully saturated rings. The molecule has 0 amide bonds. The minimum Gasteiger partial charge on any atom is -0.301 e. The molecule has 1 saturated heterocycles. The van der Waals surface area contributed by atoms with Crippen molar-refractivity contribution in [1.82, 2.24) is 9.80 Å². The Bertz CT molecular complexity index is 184. The summed E-state index contributed by atoms with van der Waals surface area (Å²) >= 11 is 3.65. The molecule has 0 N–H and O–H groups in total. The molecule has 2 rings (SSSR count). The number of piperazine rings is 1. The van der Waals surface area contributed by atoms with Crippen LogP contribution in [0.1, 0.15) is 19.8 Å². The van der Waals surface area contributed by atoms with Crippen molar-refractivity contribution < 1.29 is 0 Å². The standard InChI is InChI=1S/C11H21BrN2/c1-2-13-5-7-14(8-6-13)10-11(9-12)3-4-11/h2-10H2,1H3. The van der Waals surface area contributed by atoms with Crippen molar-refractivity contribution in [1.29, 1.82) is 0 Å². The summed E-state index contributed by atoms with van der Waals surface area (Å²) in [4.78, 5) is 5.20.